The van der Waals surface area contributed by atoms with Crippen LogP contribution >= 0.6 is 0 Å². The van der Waals surface area contributed by atoms with E-state index in [1.165, 1.54) is 0 Å². The first-order valence-corrected chi connectivity index (χ1v) is 10.9. The van der Waals surface area contributed by atoms with Crippen LogP contribution < -0.4 is 4.74 Å². The number of methoxy groups -OCH3 is 1. The highest BCUT2D eigenvalue weighted by molar-refractivity contribution is 5.26. The molecule has 0 heterocycles. The average Bonchev–Trinajstić information content (AvgIpc) is 2.83. The lowest BCUT2D eigenvalue weighted by molar-refractivity contribution is -0.149. The van der Waals surface area contributed by atoms with Gasteiger partial charge in [-0.15, -0.1) is 6.58 Å². The van der Waals surface area contributed by atoms with E-state index >= 15 is 0 Å². The second-order valence-electron chi connectivity index (χ2n) is 7.75. The molecule has 2 aromatic rings. The van der Waals surface area contributed by atoms with Gasteiger partial charge in [-0.05, 0) is 30.2 Å². The number of ether oxygens (including phenoxy) is 4. The molecule has 0 amide bonds. The average molecular weight is 455 g/mol. The summed E-state index contributed by atoms with van der Waals surface area (Å²) in [5.74, 6) is 6.18. The molecule has 33 heavy (non-hydrogen) atoms. The van der Waals surface area contributed by atoms with E-state index in [1.807, 2.05) is 54.6 Å². The fraction of sp³-hybridized carbons (Fsp3) is 0.407. The summed E-state index contributed by atoms with van der Waals surface area (Å²) in [7, 11) is 1.63. The Morgan fingerprint density at radius 3 is 2.36 bits per heavy atom. The number of benzene rings is 2. The Balaban J connectivity index is 1.90. The molecule has 2 aromatic carbocycles. The molecular formula is C27H34O6. The zero-order valence-electron chi connectivity index (χ0n) is 19.4. The molecule has 0 aliphatic heterocycles. The molecule has 3 atom stereocenters. The molecule has 0 saturated carbocycles. The molecule has 2 rings (SSSR count). The first-order chi connectivity index (χ1) is 15.9. The van der Waals surface area contributed by atoms with E-state index in [-0.39, 0.29) is 6.79 Å². The number of aliphatic hydroxyl groups is 2. The molecule has 0 spiro atoms. The van der Waals surface area contributed by atoms with E-state index in [2.05, 4.69) is 18.4 Å². The van der Waals surface area contributed by atoms with Crippen LogP contribution in [0.5, 0.6) is 5.75 Å². The Labute approximate surface area is 196 Å². The van der Waals surface area contributed by atoms with E-state index < -0.39 is 17.8 Å². The van der Waals surface area contributed by atoms with Crippen molar-refractivity contribution in [3.63, 3.8) is 0 Å². The summed E-state index contributed by atoms with van der Waals surface area (Å²) in [5.41, 5.74) is 0.542. The summed E-state index contributed by atoms with van der Waals surface area (Å²) in [6.45, 7) is 6.31. The van der Waals surface area contributed by atoms with Gasteiger partial charge in [0.1, 0.15) is 30.4 Å². The van der Waals surface area contributed by atoms with Crippen molar-refractivity contribution >= 4 is 0 Å². The first kappa shape index (κ1) is 26.6. The predicted molar refractivity (Wildman–Crippen MR) is 127 cm³/mol. The molecule has 0 bridgehead atoms. The van der Waals surface area contributed by atoms with Crippen LogP contribution in [0, 0.1) is 11.8 Å². The van der Waals surface area contributed by atoms with Crippen LogP contribution in [-0.4, -0.2) is 48.5 Å². The summed E-state index contributed by atoms with van der Waals surface area (Å²) in [6.07, 6.45) is 0.721. The molecule has 6 nitrogen and oxygen atoms in total. The highest BCUT2D eigenvalue weighted by Crippen LogP contribution is 2.18. The molecule has 2 N–H and O–H groups in total. The number of aliphatic hydroxyl groups excluding tert-OH is 1. The summed E-state index contributed by atoms with van der Waals surface area (Å²) >= 11 is 0. The molecule has 6 heteroatoms. The van der Waals surface area contributed by atoms with Crippen molar-refractivity contribution in [3.8, 4) is 17.6 Å². The standard InChI is InChI=1S/C27H34O6/c1-4-8-24(28)15-17-27(2,29)26(33-21-32-20-22-9-6-5-7-10-22)16-18-31-19-23-11-13-25(30-3)14-12-23/h4-7,9-14,24,26,28-29H,1,8,16,18-21H2,2-3H3/t24-,26-,27-/m1/s1. The van der Waals surface area contributed by atoms with E-state index in [0.717, 1.165) is 16.9 Å². The predicted octanol–water partition coefficient (Wildman–Crippen LogP) is 3.85. The Morgan fingerprint density at radius 1 is 1.03 bits per heavy atom. The SMILES string of the molecule is C=CC[C@@H](O)C#C[C@@](C)(O)[C@@H](CCOCc1ccc(OC)cc1)OCOCc1ccccc1. The van der Waals surface area contributed by atoms with E-state index in [4.69, 9.17) is 18.9 Å². The number of hydrogen-bond donors (Lipinski definition) is 2. The van der Waals surface area contributed by atoms with Gasteiger partial charge >= 0.3 is 0 Å². The maximum absolute atomic E-state index is 10.9. The van der Waals surface area contributed by atoms with Gasteiger partial charge < -0.3 is 29.2 Å². The zero-order chi connectivity index (χ0) is 23.9. The molecule has 178 valence electrons. The van der Waals surface area contributed by atoms with Crippen LogP contribution in [0.25, 0.3) is 0 Å². The molecule has 0 saturated heterocycles. The molecular weight excluding hydrogens is 420 g/mol. The van der Waals surface area contributed by atoms with E-state index in [0.29, 0.717) is 32.7 Å². The lowest BCUT2D eigenvalue weighted by Crippen LogP contribution is -2.41. The molecule has 0 radical (unpaired) electrons. The van der Waals surface area contributed by atoms with Crippen LogP contribution in [0.1, 0.15) is 30.9 Å². The van der Waals surface area contributed by atoms with Gasteiger partial charge in [-0.25, -0.2) is 0 Å². The van der Waals surface area contributed by atoms with Crippen molar-refractivity contribution in [1.82, 2.24) is 0 Å². The minimum Gasteiger partial charge on any atom is -0.497 e. The van der Waals surface area contributed by atoms with E-state index in [9.17, 15) is 10.2 Å². The van der Waals surface area contributed by atoms with Crippen molar-refractivity contribution in [2.24, 2.45) is 0 Å². The van der Waals surface area contributed by atoms with Gasteiger partial charge in [-0.3, -0.25) is 0 Å². The maximum atomic E-state index is 10.9. The minimum absolute atomic E-state index is 0.00885. The van der Waals surface area contributed by atoms with Crippen molar-refractivity contribution < 1.29 is 29.2 Å². The van der Waals surface area contributed by atoms with Crippen molar-refractivity contribution in [2.75, 3.05) is 20.5 Å². The summed E-state index contributed by atoms with van der Waals surface area (Å²) in [5, 5.41) is 20.8. The van der Waals surface area contributed by atoms with Crippen molar-refractivity contribution in [2.45, 2.75) is 50.8 Å². The van der Waals surface area contributed by atoms with Crippen LogP contribution in [0.15, 0.2) is 67.3 Å². The van der Waals surface area contributed by atoms with Gasteiger partial charge in [-0.2, -0.15) is 0 Å². The highest BCUT2D eigenvalue weighted by Gasteiger charge is 2.31. The Morgan fingerprint density at radius 2 is 1.70 bits per heavy atom. The van der Waals surface area contributed by atoms with Gasteiger partial charge in [0.15, 0.2) is 0 Å². The maximum Gasteiger partial charge on any atom is 0.148 e. The third-order valence-electron chi connectivity index (χ3n) is 4.93. The molecule has 0 aliphatic carbocycles. The van der Waals surface area contributed by atoms with Gasteiger partial charge in [0.2, 0.25) is 0 Å². The van der Waals surface area contributed by atoms with Gasteiger partial charge in [0.05, 0.1) is 20.3 Å². The van der Waals surface area contributed by atoms with Crippen LogP contribution in [0.3, 0.4) is 0 Å². The lowest BCUT2D eigenvalue weighted by atomic mass is 9.96. The van der Waals surface area contributed by atoms with Crippen molar-refractivity contribution in [1.29, 1.82) is 0 Å². The summed E-state index contributed by atoms with van der Waals surface area (Å²) in [4.78, 5) is 0. The third kappa shape index (κ3) is 10.2. The third-order valence-corrected chi connectivity index (χ3v) is 4.93. The summed E-state index contributed by atoms with van der Waals surface area (Å²) < 4.78 is 22.4. The lowest BCUT2D eigenvalue weighted by Gasteiger charge is -2.28. The smallest absolute Gasteiger partial charge is 0.148 e. The van der Waals surface area contributed by atoms with Crippen LogP contribution in [0.4, 0.5) is 0 Å². The normalized spacial score (nSPS) is 14.4. The van der Waals surface area contributed by atoms with E-state index in [1.54, 1.807) is 20.1 Å². The summed E-state index contributed by atoms with van der Waals surface area (Å²) in [6, 6.07) is 17.4. The van der Waals surface area contributed by atoms with Gasteiger partial charge in [0, 0.05) is 19.4 Å². The second kappa shape index (κ2) is 14.5. The molecule has 0 unspecified atom stereocenters. The fourth-order valence-corrected chi connectivity index (χ4v) is 3.02. The molecule has 0 aromatic heterocycles. The highest BCUT2D eigenvalue weighted by atomic mass is 16.7. The van der Waals surface area contributed by atoms with Crippen LogP contribution in [0.2, 0.25) is 0 Å². The topological polar surface area (TPSA) is 77.4 Å². The monoisotopic (exact) mass is 454 g/mol. The molecule has 0 fully saturated rings. The number of hydrogen-bond acceptors (Lipinski definition) is 6. The first-order valence-electron chi connectivity index (χ1n) is 10.9. The Hall–Kier alpha value is -2.66. The largest absolute Gasteiger partial charge is 0.497 e. The van der Waals surface area contributed by atoms with Crippen molar-refractivity contribution in [3.05, 3.63) is 78.4 Å². The van der Waals surface area contributed by atoms with Gasteiger partial charge in [-0.1, -0.05) is 60.4 Å². The van der Waals surface area contributed by atoms with Gasteiger partial charge in [0.25, 0.3) is 0 Å². The number of rotatable bonds is 14. The second-order valence-corrected chi connectivity index (χ2v) is 7.75. The fourth-order valence-electron chi connectivity index (χ4n) is 3.02. The molecule has 0 aliphatic rings. The quantitative estimate of drug-likeness (QED) is 0.195. The van der Waals surface area contributed by atoms with Crippen LogP contribution in [-0.2, 0) is 27.4 Å². The zero-order valence-corrected chi connectivity index (χ0v) is 19.4. The Kier molecular flexibility index (Phi) is 11.7. The Bertz CT molecular complexity index is 867. The minimum atomic E-state index is -1.50.